The molecule has 1 aromatic heterocycles. The second-order valence-electron chi connectivity index (χ2n) is 7.65. The van der Waals surface area contributed by atoms with Crippen LogP contribution in [0.15, 0.2) is 51.7 Å². The van der Waals surface area contributed by atoms with Crippen LogP contribution in [0.25, 0.3) is 11.0 Å². The number of rotatable bonds is 6. The molecule has 0 saturated carbocycles. The molecule has 0 fully saturated rings. The number of ether oxygens (including phenoxy) is 1. The molecule has 2 heterocycles. The van der Waals surface area contributed by atoms with E-state index in [0.717, 1.165) is 18.5 Å². The lowest BCUT2D eigenvalue weighted by Gasteiger charge is -2.25. The standard InChI is InChI=1S/C23H23ClN2O4/c1-25(2)10-5-11-26-20(14-6-4-7-15(24)12-14)19-21(27)17-9-8-16(29-3)13-18(17)30-22(19)23(26)28/h4,6-9,12-13,20H,5,10-11H2,1-3H3. The van der Waals surface area contributed by atoms with Gasteiger partial charge in [-0.1, -0.05) is 23.7 Å². The van der Waals surface area contributed by atoms with Crippen LogP contribution in [0.1, 0.15) is 34.1 Å². The maximum absolute atomic E-state index is 13.4. The number of benzene rings is 2. The average molecular weight is 427 g/mol. The van der Waals surface area contributed by atoms with E-state index in [1.54, 1.807) is 42.3 Å². The number of methoxy groups -OCH3 is 1. The van der Waals surface area contributed by atoms with Crippen molar-refractivity contribution < 1.29 is 13.9 Å². The van der Waals surface area contributed by atoms with Crippen molar-refractivity contribution in [3.8, 4) is 5.75 Å². The van der Waals surface area contributed by atoms with Crippen LogP contribution < -0.4 is 10.2 Å². The average Bonchev–Trinajstić information content (AvgIpc) is 3.00. The van der Waals surface area contributed by atoms with E-state index in [9.17, 15) is 9.59 Å². The lowest BCUT2D eigenvalue weighted by molar-refractivity contribution is 0.0722. The van der Waals surface area contributed by atoms with Gasteiger partial charge in [-0.2, -0.15) is 0 Å². The first-order chi connectivity index (χ1) is 14.4. The van der Waals surface area contributed by atoms with Crippen molar-refractivity contribution in [1.82, 2.24) is 9.80 Å². The quantitative estimate of drug-likeness (QED) is 0.597. The smallest absolute Gasteiger partial charge is 0.290 e. The third-order valence-corrected chi connectivity index (χ3v) is 5.58. The number of hydrogen-bond acceptors (Lipinski definition) is 5. The van der Waals surface area contributed by atoms with E-state index in [1.807, 2.05) is 26.2 Å². The number of amides is 1. The minimum atomic E-state index is -0.531. The lowest BCUT2D eigenvalue weighted by Crippen LogP contribution is -2.32. The summed E-state index contributed by atoms with van der Waals surface area (Å²) in [6.45, 7) is 1.32. The number of carbonyl (C=O) groups excluding carboxylic acids is 1. The van der Waals surface area contributed by atoms with Gasteiger partial charge in [-0.3, -0.25) is 9.59 Å². The van der Waals surface area contributed by atoms with Crippen molar-refractivity contribution in [2.45, 2.75) is 12.5 Å². The highest BCUT2D eigenvalue weighted by Gasteiger charge is 2.42. The summed E-state index contributed by atoms with van der Waals surface area (Å²) in [5.41, 5.74) is 1.29. The molecule has 2 aromatic carbocycles. The van der Waals surface area contributed by atoms with Crippen LogP contribution in [-0.4, -0.2) is 50.0 Å². The number of halogens is 1. The van der Waals surface area contributed by atoms with Crippen molar-refractivity contribution in [1.29, 1.82) is 0 Å². The Hall–Kier alpha value is -2.83. The first kappa shape index (κ1) is 20.4. The molecule has 30 heavy (non-hydrogen) atoms. The Morgan fingerprint density at radius 3 is 2.67 bits per heavy atom. The van der Waals surface area contributed by atoms with E-state index in [0.29, 0.717) is 33.8 Å². The Labute approximate surface area is 179 Å². The zero-order valence-corrected chi connectivity index (χ0v) is 17.9. The van der Waals surface area contributed by atoms with Crippen molar-refractivity contribution >= 4 is 28.5 Å². The molecule has 1 aliphatic rings. The SMILES string of the molecule is COc1ccc2c(=O)c3c(oc2c1)C(=O)N(CCCN(C)C)C3c1cccc(Cl)c1. The molecular formula is C23H23ClN2O4. The summed E-state index contributed by atoms with van der Waals surface area (Å²) < 4.78 is 11.2. The zero-order chi connectivity index (χ0) is 21.4. The second-order valence-corrected chi connectivity index (χ2v) is 8.09. The lowest BCUT2D eigenvalue weighted by atomic mass is 9.98. The van der Waals surface area contributed by atoms with E-state index < -0.39 is 6.04 Å². The number of hydrogen-bond donors (Lipinski definition) is 0. The molecule has 0 spiro atoms. The first-order valence-corrected chi connectivity index (χ1v) is 10.1. The van der Waals surface area contributed by atoms with Crippen molar-refractivity contribution in [3.05, 3.63) is 74.6 Å². The van der Waals surface area contributed by atoms with Gasteiger partial charge in [0.1, 0.15) is 11.3 Å². The minimum Gasteiger partial charge on any atom is -0.497 e. The third kappa shape index (κ3) is 3.57. The van der Waals surface area contributed by atoms with E-state index in [1.165, 1.54) is 0 Å². The van der Waals surface area contributed by atoms with E-state index in [4.69, 9.17) is 20.8 Å². The second kappa shape index (κ2) is 8.13. The van der Waals surface area contributed by atoms with Gasteiger partial charge in [-0.25, -0.2) is 0 Å². The first-order valence-electron chi connectivity index (χ1n) is 9.76. The molecule has 1 atom stereocenters. The highest BCUT2D eigenvalue weighted by molar-refractivity contribution is 6.30. The maximum atomic E-state index is 13.4. The fraction of sp³-hybridized carbons (Fsp3) is 0.304. The Bertz CT molecular complexity index is 1170. The summed E-state index contributed by atoms with van der Waals surface area (Å²) in [7, 11) is 5.51. The fourth-order valence-electron chi connectivity index (χ4n) is 3.94. The minimum absolute atomic E-state index is 0.0931. The van der Waals surface area contributed by atoms with Gasteiger partial charge in [0, 0.05) is 17.6 Å². The van der Waals surface area contributed by atoms with Gasteiger partial charge in [-0.05, 0) is 56.9 Å². The van der Waals surface area contributed by atoms with Crippen LogP contribution >= 0.6 is 11.6 Å². The molecule has 156 valence electrons. The topological polar surface area (TPSA) is 63.0 Å². The number of fused-ring (bicyclic) bond motifs is 2. The van der Waals surface area contributed by atoms with Crippen molar-refractivity contribution in [2.75, 3.05) is 34.3 Å². The Morgan fingerprint density at radius 1 is 1.17 bits per heavy atom. The molecule has 6 nitrogen and oxygen atoms in total. The molecule has 0 N–H and O–H groups in total. The fourth-order valence-corrected chi connectivity index (χ4v) is 4.14. The summed E-state index contributed by atoms with van der Waals surface area (Å²) in [6, 6.07) is 11.8. The summed E-state index contributed by atoms with van der Waals surface area (Å²) in [4.78, 5) is 30.5. The van der Waals surface area contributed by atoms with E-state index in [-0.39, 0.29) is 17.1 Å². The molecule has 4 rings (SSSR count). The highest BCUT2D eigenvalue weighted by Crippen LogP contribution is 2.39. The van der Waals surface area contributed by atoms with Crippen molar-refractivity contribution in [3.63, 3.8) is 0 Å². The largest absolute Gasteiger partial charge is 0.497 e. The van der Waals surface area contributed by atoms with Gasteiger partial charge < -0.3 is 19.0 Å². The number of nitrogens with zero attached hydrogens (tertiary/aromatic N) is 2. The molecule has 0 bridgehead atoms. The third-order valence-electron chi connectivity index (χ3n) is 5.34. The Morgan fingerprint density at radius 2 is 1.97 bits per heavy atom. The molecule has 3 aromatic rings. The van der Waals surface area contributed by atoms with Gasteiger partial charge in [0.05, 0.1) is 24.1 Å². The summed E-state index contributed by atoms with van der Waals surface area (Å²) in [5, 5.41) is 0.973. The molecule has 1 aliphatic heterocycles. The molecule has 0 radical (unpaired) electrons. The van der Waals surface area contributed by atoms with Gasteiger partial charge in [0.25, 0.3) is 5.91 Å². The van der Waals surface area contributed by atoms with Crippen molar-refractivity contribution in [2.24, 2.45) is 0 Å². The van der Waals surface area contributed by atoms with Crippen LogP contribution in [0.5, 0.6) is 5.75 Å². The summed E-state index contributed by atoms with van der Waals surface area (Å²) in [6.07, 6.45) is 0.769. The number of carbonyl (C=O) groups is 1. The Balaban J connectivity index is 1.88. The van der Waals surface area contributed by atoms with Gasteiger partial charge in [0.15, 0.2) is 5.43 Å². The summed E-state index contributed by atoms with van der Waals surface area (Å²) in [5.74, 6) is 0.372. The normalized spacial score (nSPS) is 15.8. The Kier molecular flexibility index (Phi) is 5.54. The molecular weight excluding hydrogens is 404 g/mol. The summed E-state index contributed by atoms with van der Waals surface area (Å²) >= 11 is 6.22. The molecule has 1 unspecified atom stereocenters. The van der Waals surface area contributed by atoms with E-state index >= 15 is 0 Å². The van der Waals surface area contributed by atoms with E-state index in [2.05, 4.69) is 4.90 Å². The molecule has 1 amide bonds. The monoisotopic (exact) mass is 426 g/mol. The van der Waals surface area contributed by atoms with Crippen LogP contribution in [0.4, 0.5) is 0 Å². The van der Waals surface area contributed by atoms with Gasteiger partial charge in [0.2, 0.25) is 5.76 Å². The highest BCUT2D eigenvalue weighted by atomic mass is 35.5. The van der Waals surface area contributed by atoms with Crippen LogP contribution in [0, 0.1) is 0 Å². The van der Waals surface area contributed by atoms with Crippen LogP contribution in [0.2, 0.25) is 5.02 Å². The van der Waals surface area contributed by atoms with Gasteiger partial charge in [-0.15, -0.1) is 0 Å². The molecule has 0 aliphatic carbocycles. The maximum Gasteiger partial charge on any atom is 0.290 e. The zero-order valence-electron chi connectivity index (χ0n) is 17.1. The molecule has 7 heteroatoms. The predicted molar refractivity (Wildman–Crippen MR) is 117 cm³/mol. The molecule has 0 saturated heterocycles. The predicted octanol–water partition coefficient (Wildman–Crippen LogP) is 3.95. The van der Waals surface area contributed by atoms with Crippen LogP contribution in [-0.2, 0) is 0 Å². The van der Waals surface area contributed by atoms with Crippen LogP contribution in [0.3, 0.4) is 0 Å². The van der Waals surface area contributed by atoms with Gasteiger partial charge >= 0.3 is 0 Å².